The molecule has 3 aromatic rings. The van der Waals surface area contributed by atoms with Gasteiger partial charge in [0.1, 0.15) is 35.1 Å². The minimum Gasteiger partial charge on any atom is -0.486 e. The van der Waals surface area contributed by atoms with E-state index in [1.807, 2.05) is 56.6 Å². The molecule has 8 nitrogen and oxygen atoms in total. The van der Waals surface area contributed by atoms with Gasteiger partial charge in [0.2, 0.25) is 0 Å². The third-order valence-electron chi connectivity index (χ3n) is 8.64. The van der Waals surface area contributed by atoms with E-state index in [4.69, 9.17) is 24.4 Å². The highest BCUT2D eigenvalue weighted by Crippen LogP contribution is 2.32. The minimum atomic E-state index is -0.512. The van der Waals surface area contributed by atoms with Gasteiger partial charge >= 0.3 is 0 Å². The van der Waals surface area contributed by atoms with Crippen LogP contribution in [0.25, 0.3) is 0 Å². The Morgan fingerprint density at radius 3 is 1.65 bits per heavy atom. The van der Waals surface area contributed by atoms with Gasteiger partial charge in [-0.05, 0) is 113 Å². The lowest BCUT2D eigenvalue weighted by Gasteiger charge is -2.26. The summed E-state index contributed by atoms with van der Waals surface area (Å²) in [6.07, 6.45) is 17.3. The molecule has 0 spiro atoms. The van der Waals surface area contributed by atoms with Crippen LogP contribution in [0.1, 0.15) is 114 Å². The SMILES string of the molecule is CCCCc1ccccc1OC(C)(C)CO.CCCCc1nccc2c1OC(CO)CC2.CCCCc1nccc2c1OC(CO)CC2. The van der Waals surface area contributed by atoms with Crippen LogP contribution in [0, 0.1) is 0 Å². The van der Waals surface area contributed by atoms with Crippen LogP contribution in [0.2, 0.25) is 0 Å². The molecule has 2 aromatic heterocycles. The van der Waals surface area contributed by atoms with Gasteiger partial charge in [-0.25, -0.2) is 0 Å². The summed E-state index contributed by atoms with van der Waals surface area (Å²) >= 11 is 0. The third kappa shape index (κ3) is 12.4. The van der Waals surface area contributed by atoms with Crippen molar-refractivity contribution >= 4 is 0 Å². The van der Waals surface area contributed by atoms with Crippen molar-refractivity contribution in [1.82, 2.24) is 9.97 Å². The summed E-state index contributed by atoms with van der Waals surface area (Å²) in [4.78, 5) is 8.78. The Hall–Kier alpha value is -3.20. The van der Waals surface area contributed by atoms with E-state index in [-0.39, 0.29) is 32.0 Å². The van der Waals surface area contributed by atoms with Crippen molar-refractivity contribution in [1.29, 1.82) is 0 Å². The molecular formula is C40H60N2O6. The van der Waals surface area contributed by atoms with E-state index < -0.39 is 5.60 Å². The molecule has 4 heterocycles. The standard InChI is InChI=1S/C14H22O2.2C13H19NO2/c1-4-5-8-12-9-6-7-10-13(12)16-14(2,3)11-15;2*1-2-3-4-12-13-10(7-8-14-12)5-6-11(9-15)16-13/h6-7,9-10,15H,4-5,8,11H2,1-3H3;2*7-8,11,15H,2-6,9H2,1H3. The summed E-state index contributed by atoms with van der Waals surface area (Å²) < 4.78 is 17.4. The molecule has 0 radical (unpaired) electrons. The molecule has 2 aliphatic heterocycles. The first-order valence-electron chi connectivity index (χ1n) is 18.1. The molecule has 2 atom stereocenters. The zero-order valence-corrected chi connectivity index (χ0v) is 30.0. The van der Waals surface area contributed by atoms with Crippen LogP contribution in [-0.4, -0.2) is 62.9 Å². The van der Waals surface area contributed by atoms with Crippen LogP contribution >= 0.6 is 0 Å². The van der Waals surface area contributed by atoms with Crippen molar-refractivity contribution in [3.8, 4) is 17.2 Å². The summed E-state index contributed by atoms with van der Waals surface area (Å²) in [6.45, 7) is 10.5. The number of fused-ring (bicyclic) bond motifs is 2. The maximum absolute atomic E-state index is 9.20. The van der Waals surface area contributed by atoms with Gasteiger partial charge in [0.15, 0.2) is 0 Å². The number of aliphatic hydroxyl groups is 3. The summed E-state index contributed by atoms with van der Waals surface area (Å²) in [5.74, 6) is 2.76. The molecule has 3 N–H and O–H groups in total. The van der Waals surface area contributed by atoms with E-state index in [9.17, 15) is 5.11 Å². The van der Waals surface area contributed by atoms with Crippen LogP contribution in [-0.2, 0) is 32.1 Å². The molecule has 1 aromatic carbocycles. The number of ether oxygens (including phenoxy) is 3. The predicted octanol–water partition coefficient (Wildman–Crippen LogP) is 7.40. The van der Waals surface area contributed by atoms with Gasteiger partial charge in [0.05, 0.1) is 31.2 Å². The van der Waals surface area contributed by atoms with Crippen molar-refractivity contribution < 1.29 is 29.5 Å². The Kier molecular flexibility index (Phi) is 17.2. The molecule has 0 saturated heterocycles. The van der Waals surface area contributed by atoms with Crippen LogP contribution in [0.3, 0.4) is 0 Å². The van der Waals surface area contributed by atoms with E-state index in [2.05, 4.69) is 36.8 Å². The van der Waals surface area contributed by atoms with Crippen LogP contribution in [0.15, 0.2) is 48.8 Å². The number of hydrogen-bond acceptors (Lipinski definition) is 8. The van der Waals surface area contributed by atoms with Crippen LogP contribution in [0.4, 0.5) is 0 Å². The molecule has 8 heteroatoms. The van der Waals surface area contributed by atoms with E-state index in [0.717, 1.165) is 99.3 Å². The number of aromatic nitrogens is 2. The summed E-state index contributed by atoms with van der Waals surface area (Å²) in [5.41, 5.74) is 5.31. The molecule has 0 bridgehead atoms. The third-order valence-corrected chi connectivity index (χ3v) is 8.64. The smallest absolute Gasteiger partial charge is 0.144 e. The lowest BCUT2D eigenvalue weighted by molar-refractivity contribution is 0.0404. The van der Waals surface area contributed by atoms with Gasteiger partial charge in [0, 0.05) is 12.4 Å². The van der Waals surface area contributed by atoms with Gasteiger partial charge in [-0.15, -0.1) is 0 Å². The molecular weight excluding hydrogens is 604 g/mol. The molecule has 0 aliphatic carbocycles. The van der Waals surface area contributed by atoms with Gasteiger partial charge in [-0.2, -0.15) is 0 Å². The van der Waals surface area contributed by atoms with E-state index >= 15 is 0 Å². The number of aliphatic hydroxyl groups excluding tert-OH is 3. The summed E-state index contributed by atoms with van der Waals surface area (Å²) in [6, 6.07) is 12.1. The largest absolute Gasteiger partial charge is 0.486 e. The fourth-order valence-electron chi connectivity index (χ4n) is 5.65. The molecule has 48 heavy (non-hydrogen) atoms. The number of rotatable bonds is 14. The highest BCUT2D eigenvalue weighted by atomic mass is 16.5. The molecule has 2 unspecified atom stereocenters. The lowest BCUT2D eigenvalue weighted by atomic mass is 10.0. The number of hydrogen-bond donors (Lipinski definition) is 3. The molecule has 266 valence electrons. The average Bonchev–Trinajstić information content (AvgIpc) is 3.12. The van der Waals surface area contributed by atoms with E-state index in [1.165, 1.54) is 29.5 Å². The second-order valence-electron chi connectivity index (χ2n) is 13.4. The molecule has 5 rings (SSSR count). The zero-order valence-electron chi connectivity index (χ0n) is 30.0. The Bertz CT molecular complexity index is 1280. The second-order valence-corrected chi connectivity index (χ2v) is 13.4. The minimum absolute atomic E-state index is 0.0229. The number of para-hydroxylation sites is 1. The van der Waals surface area contributed by atoms with Crippen molar-refractivity contribution in [3.05, 3.63) is 76.9 Å². The fourth-order valence-corrected chi connectivity index (χ4v) is 5.65. The number of nitrogens with zero attached hydrogens (tertiary/aromatic N) is 2. The number of aryl methyl sites for hydroxylation is 5. The monoisotopic (exact) mass is 664 g/mol. The quantitative estimate of drug-likeness (QED) is 0.163. The topological polar surface area (TPSA) is 114 Å². The molecule has 0 fully saturated rings. The predicted molar refractivity (Wildman–Crippen MR) is 192 cm³/mol. The van der Waals surface area contributed by atoms with Crippen LogP contribution < -0.4 is 14.2 Å². The molecule has 0 saturated carbocycles. The van der Waals surface area contributed by atoms with E-state index in [0.29, 0.717) is 0 Å². The van der Waals surface area contributed by atoms with Gasteiger partial charge in [0.25, 0.3) is 0 Å². The highest BCUT2D eigenvalue weighted by Gasteiger charge is 2.23. The van der Waals surface area contributed by atoms with Gasteiger partial charge in [-0.3, -0.25) is 9.97 Å². The van der Waals surface area contributed by atoms with Crippen molar-refractivity contribution in [3.63, 3.8) is 0 Å². The summed E-state index contributed by atoms with van der Waals surface area (Å²) in [7, 11) is 0. The number of pyridine rings is 2. The second kappa shape index (κ2) is 21.0. The molecule has 0 amide bonds. The fraction of sp³-hybridized carbons (Fsp3) is 0.600. The van der Waals surface area contributed by atoms with Gasteiger partial charge < -0.3 is 29.5 Å². The van der Waals surface area contributed by atoms with Gasteiger partial charge in [-0.1, -0.05) is 58.2 Å². The van der Waals surface area contributed by atoms with Crippen LogP contribution in [0.5, 0.6) is 17.2 Å². The first-order chi connectivity index (χ1) is 23.3. The molecule has 2 aliphatic rings. The van der Waals surface area contributed by atoms with Crippen molar-refractivity contribution in [2.45, 2.75) is 136 Å². The lowest BCUT2D eigenvalue weighted by Crippen LogP contribution is -2.32. The first-order valence-corrected chi connectivity index (χ1v) is 18.1. The maximum atomic E-state index is 9.20. The zero-order chi connectivity index (χ0) is 34.8. The van der Waals surface area contributed by atoms with Crippen molar-refractivity contribution in [2.75, 3.05) is 19.8 Å². The highest BCUT2D eigenvalue weighted by molar-refractivity contribution is 5.40. The Labute approximate surface area is 288 Å². The maximum Gasteiger partial charge on any atom is 0.144 e. The number of unbranched alkanes of at least 4 members (excludes halogenated alkanes) is 3. The average molecular weight is 665 g/mol. The summed E-state index contributed by atoms with van der Waals surface area (Å²) in [5, 5.41) is 27.5. The Morgan fingerprint density at radius 1 is 0.708 bits per heavy atom. The normalized spacial score (nSPS) is 16.5. The Balaban J connectivity index is 0.000000195. The van der Waals surface area contributed by atoms with Crippen molar-refractivity contribution in [2.24, 2.45) is 0 Å². The first kappa shape index (κ1) is 39.2. The number of benzene rings is 1. The Morgan fingerprint density at radius 2 is 1.19 bits per heavy atom. The van der Waals surface area contributed by atoms with E-state index in [1.54, 1.807) is 0 Å².